The van der Waals surface area contributed by atoms with Crippen molar-refractivity contribution in [2.45, 2.75) is 13.8 Å². The van der Waals surface area contributed by atoms with E-state index < -0.39 is 0 Å². The maximum atomic E-state index is 12.3. The van der Waals surface area contributed by atoms with E-state index in [9.17, 15) is 9.59 Å². The van der Waals surface area contributed by atoms with Crippen LogP contribution in [0.3, 0.4) is 0 Å². The molecule has 140 valence electrons. The summed E-state index contributed by atoms with van der Waals surface area (Å²) in [6.45, 7) is 3.81. The molecule has 0 unspecified atom stereocenters. The van der Waals surface area contributed by atoms with Gasteiger partial charge in [-0.3, -0.25) is 14.0 Å². The van der Waals surface area contributed by atoms with Crippen molar-refractivity contribution in [3.05, 3.63) is 57.8 Å². The van der Waals surface area contributed by atoms with Crippen molar-refractivity contribution in [2.24, 2.45) is 0 Å². The number of hydrogen-bond donors (Lipinski definition) is 1. The van der Waals surface area contributed by atoms with Crippen LogP contribution >= 0.6 is 22.9 Å². The molecule has 3 rings (SSSR count). The van der Waals surface area contributed by atoms with E-state index in [2.05, 4.69) is 10.3 Å². The number of carbonyl (C=O) groups excluding carboxylic acids is 2. The van der Waals surface area contributed by atoms with Gasteiger partial charge in [-0.15, -0.1) is 11.3 Å². The number of carbonyl (C=O) groups is 2. The van der Waals surface area contributed by atoms with Crippen LogP contribution in [0.2, 0.25) is 5.15 Å². The van der Waals surface area contributed by atoms with Gasteiger partial charge in [0.25, 0.3) is 0 Å². The minimum Gasteiger partial charge on any atom is -0.333 e. The summed E-state index contributed by atoms with van der Waals surface area (Å²) in [5, 5.41) is 5.10. The lowest BCUT2D eigenvalue weighted by molar-refractivity contribution is -0.129. The lowest BCUT2D eigenvalue weighted by atomic mass is 10.1. The van der Waals surface area contributed by atoms with Gasteiger partial charge < -0.3 is 10.2 Å². The molecule has 8 heteroatoms. The Morgan fingerprint density at radius 3 is 2.74 bits per heavy atom. The number of fused-ring (bicyclic) bond motifs is 1. The van der Waals surface area contributed by atoms with Crippen molar-refractivity contribution in [2.75, 3.05) is 18.9 Å². The molecule has 2 heterocycles. The second-order valence-electron chi connectivity index (χ2n) is 6.19. The average molecular weight is 403 g/mol. The maximum Gasteiger partial charge on any atom is 0.246 e. The fourth-order valence-corrected chi connectivity index (χ4v) is 3.69. The van der Waals surface area contributed by atoms with Gasteiger partial charge in [-0.05, 0) is 31.1 Å². The van der Waals surface area contributed by atoms with E-state index in [0.717, 1.165) is 21.8 Å². The van der Waals surface area contributed by atoms with Gasteiger partial charge in [0, 0.05) is 30.4 Å². The molecule has 0 saturated carbocycles. The number of aromatic nitrogens is 2. The molecule has 2 aromatic heterocycles. The summed E-state index contributed by atoms with van der Waals surface area (Å²) in [5.41, 5.74) is 3.37. The van der Waals surface area contributed by atoms with Crippen LogP contribution in [0.15, 0.2) is 35.9 Å². The molecule has 0 bridgehead atoms. The molecule has 0 spiro atoms. The summed E-state index contributed by atoms with van der Waals surface area (Å²) in [5.74, 6) is -0.549. The normalized spacial score (nSPS) is 11.3. The van der Waals surface area contributed by atoms with Crippen molar-refractivity contribution in [3.63, 3.8) is 0 Å². The zero-order valence-corrected chi connectivity index (χ0v) is 16.8. The highest BCUT2D eigenvalue weighted by molar-refractivity contribution is 7.15. The monoisotopic (exact) mass is 402 g/mol. The van der Waals surface area contributed by atoms with Crippen molar-refractivity contribution < 1.29 is 9.59 Å². The average Bonchev–Trinajstić information content (AvgIpc) is 3.17. The van der Waals surface area contributed by atoms with Crippen LogP contribution < -0.4 is 5.32 Å². The Labute approximate surface area is 166 Å². The lowest BCUT2D eigenvalue weighted by Crippen LogP contribution is -2.34. The van der Waals surface area contributed by atoms with Crippen LogP contribution in [0, 0.1) is 13.8 Å². The first-order valence-corrected chi connectivity index (χ1v) is 9.53. The number of hydrogen-bond acceptors (Lipinski definition) is 4. The van der Waals surface area contributed by atoms with E-state index in [1.54, 1.807) is 13.1 Å². The Balaban J connectivity index is 1.64. The molecule has 0 aliphatic carbocycles. The van der Waals surface area contributed by atoms with Crippen LogP contribution in [0.5, 0.6) is 0 Å². The number of rotatable bonds is 5. The van der Waals surface area contributed by atoms with Gasteiger partial charge in [0.05, 0.1) is 12.2 Å². The zero-order valence-electron chi connectivity index (χ0n) is 15.2. The van der Waals surface area contributed by atoms with Crippen LogP contribution in [0.1, 0.15) is 16.8 Å². The summed E-state index contributed by atoms with van der Waals surface area (Å²) in [7, 11) is 1.58. The van der Waals surface area contributed by atoms with Gasteiger partial charge in [0.2, 0.25) is 11.8 Å². The molecule has 0 radical (unpaired) electrons. The predicted molar refractivity (Wildman–Crippen MR) is 109 cm³/mol. The highest BCUT2D eigenvalue weighted by atomic mass is 35.5. The molecule has 0 aliphatic heterocycles. The summed E-state index contributed by atoms with van der Waals surface area (Å²) < 4.78 is 1.81. The first-order chi connectivity index (χ1) is 12.9. The van der Waals surface area contributed by atoms with E-state index >= 15 is 0 Å². The first kappa shape index (κ1) is 19.1. The molecular weight excluding hydrogens is 384 g/mol. The highest BCUT2D eigenvalue weighted by Gasteiger charge is 2.14. The minimum atomic E-state index is -0.298. The Morgan fingerprint density at radius 2 is 2.04 bits per heavy atom. The minimum absolute atomic E-state index is 0.0506. The van der Waals surface area contributed by atoms with E-state index in [1.165, 1.54) is 22.3 Å². The number of nitrogens with one attached hydrogen (secondary N) is 1. The number of nitrogens with zero attached hydrogens (tertiary/aromatic N) is 3. The maximum absolute atomic E-state index is 12.3. The number of thiazole rings is 1. The number of imidazole rings is 1. The number of benzene rings is 1. The molecule has 0 aliphatic rings. The van der Waals surface area contributed by atoms with Crippen molar-refractivity contribution in [3.8, 4) is 0 Å². The molecule has 0 atom stereocenters. The molecule has 3 aromatic rings. The zero-order chi connectivity index (χ0) is 19.6. The third kappa shape index (κ3) is 4.20. The third-order valence-electron chi connectivity index (χ3n) is 4.14. The number of amides is 2. The van der Waals surface area contributed by atoms with Gasteiger partial charge in [-0.2, -0.15) is 0 Å². The van der Waals surface area contributed by atoms with E-state index in [4.69, 9.17) is 11.6 Å². The smallest absolute Gasteiger partial charge is 0.246 e. The van der Waals surface area contributed by atoms with Crippen molar-refractivity contribution >= 4 is 51.5 Å². The first-order valence-electron chi connectivity index (χ1n) is 8.27. The Morgan fingerprint density at radius 1 is 1.33 bits per heavy atom. The van der Waals surface area contributed by atoms with Crippen LogP contribution in [0.25, 0.3) is 11.0 Å². The molecule has 0 saturated heterocycles. The highest BCUT2D eigenvalue weighted by Crippen LogP contribution is 2.22. The standard InChI is InChI=1S/C19H19ClN4O2S/c1-12-5-4-6-13(2)17(12)21-15(25)11-23(3)16(26)8-7-14-18(20)22-19-24(14)9-10-27-19/h4-10H,11H2,1-3H3,(H,21,25)/b8-7+. The lowest BCUT2D eigenvalue weighted by Gasteiger charge is -2.16. The van der Waals surface area contributed by atoms with Crippen LogP contribution in [-0.2, 0) is 9.59 Å². The Kier molecular flexibility index (Phi) is 5.62. The van der Waals surface area contributed by atoms with Gasteiger partial charge >= 0.3 is 0 Å². The fourth-order valence-electron chi connectivity index (χ4n) is 2.69. The fraction of sp³-hybridized carbons (Fsp3) is 0.211. The number of aryl methyl sites for hydroxylation is 2. The summed E-state index contributed by atoms with van der Waals surface area (Å²) in [4.78, 5) is 30.9. The number of likely N-dealkylation sites (N-methyl/N-ethyl adjacent to an activating group) is 1. The quantitative estimate of drug-likeness (QED) is 0.660. The van der Waals surface area contributed by atoms with Crippen molar-refractivity contribution in [1.29, 1.82) is 0 Å². The topological polar surface area (TPSA) is 66.7 Å². The summed E-state index contributed by atoms with van der Waals surface area (Å²) in [6.07, 6.45) is 4.83. The third-order valence-corrected chi connectivity index (χ3v) is 5.18. The van der Waals surface area contributed by atoms with E-state index in [1.807, 2.05) is 48.0 Å². The second kappa shape index (κ2) is 7.94. The number of halogens is 1. The van der Waals surface area contributed by atoms with Gasteiger partial charge in [-0.1, -0.05) is 29.8 Å². The molecule has 0 fully saturated rings. The van der Waals surface area contributed by atoms with Crippen LogP contribution in [0.4, 0.5) is 5.69 Å². The molecular formula is C19H19ClN4O2S. The number of anilines is 1. The molecule has 6 nitrogen and oxygen atoms in total. The largest absolute Gasteiger partial charge is 0.333 e. The van der Waals surface area contributed by atoms with Crippen LogP contribution in [-0.4, -0.2) is 39.7 Å². The van der Waals surface area contributed by atoms with Crippen molar-refractivity contribution in [1.82, 2.24) is 14.3 Å². The molecule has 1 aromatic carbocycles. The Hall–Kier alpha value is -2.64. The summed E-state index contributed by atoms with van der Waals surface area (Å²) >= 11 is 7.57. The van der Waals surface area contributed by atoms with Gasteiger partial charge in [0.1, 0.15) is 0 Å². The second-order valence-corrected chi connectivity index (χ2v) is 7.42. The van der Waals surface area contributed by atoms with Gasteiger partial charge in [-0.25, -0.2) is 4.98 Å². The Bertz CT molecular complexity index is 1020. The van der Waals surface area contributed by atoms with Gasteiger partial charge in [0.15, 0.2) is 10.1 Å². The summed E-state index contributed by atoms with van der Waals surface area (Å²) in [6, 6.07) is 5.80. The predicted octanol–water partition coefficient (Wildman–Crippen LogP) is 3.78. The molecule has 27 heavy (non-hydrogen) atoms. The van der Waals surface area contributed by atoms with E-state index in [-0.39, 0.29) is 18.4 Å². The molecule has 2 amide bonds. The molecule has 1 N–H and O–H groups in total. The van der Waals surface area contributed by atoms with E-state index in [0.29, 0.717) is 10.8 Å². The SMILES string of the molecule is Cc1cccc(C)c1NC(=O)CN(C)C(=O)/C=C/c1c(Cl)nc2sccn12. The number of para-hydroxylation sites is 1.